The van der Waals surface area contributed by atoms with Crippen LogP contribution in [0.25, 0.3) is 90.6 Å². The van der Waals surface area contributed by atoms with Gasteiger partial charge in [0, 0.05) is 90.6 Å². The predicted molar refractivity (Wildman–Crippen MR) is 264 cm³/mol. The van der Waals surface area contributed by atoms with Crippen molar-refractivity contribution in [1.82, 2.24) is 46.9 Å². The predicted octanol–water partition coefficient (Wildman–Crippen LogP) is 11.5. The Labute approximate surface area is 377 Å². The Morgan fingerprint density at radius 2 is 0.954 bits per heavy atom. The molecule has 8 heterocycles. The van der Waals surface area contributed by atoms with Crippen molar-refractivity contribution in [1.29, 1.82) is 0 Å². The van der Waals surface area contributed by atoms with E-state index in [9.17, 15) is 0 Å². The Bertz CT molecular complexity index is 3540. The Kier molecular flexibility index (Phi) is 9.38. The number of fused-ring (bicyclic) bond motifs is 1. The van der Waals surface area contributed by atoms with Gasteiger partial charge in [-0.05, 0) is 120 Å². The van der Waals surface area contributed by atoms with Crippen LogP contribution in [0.2, 0.25) is 0 Å². The molecule has 0 aliphatic heterocycles. The molecule has 0 atom stereocenters. The summed E-state index contributed by atoms with van der Waals surface area (Å²) in [6, 6.07) is 49.5. The number of anilines is 4. The summed E-state index contributed by atoms with van der Waals surface area (Å²) in [6.45, 7) is 0. The van der Waals surface area contributed by atoms with Crippen LogP contribution in [0.5, 0.6) is 0 Å². The highest BCUT2D eigenvalue weighted by Crippen LogP contribution is 2.36. The zero-order chi connectivity index (χ0) is 44.5. The molecular formula is C53H50N12. The first-order valence-corrected chi connectivity index (χ1v) is 21.7. The summed E-state index contributed by atoms with van der Waals surface area (Å²) >= 11 is 0. The first-order chi connectivity index (χ1) is 31.6. The summed E-state index contributed by atoms with van der Waals surface area (Å²) in [5.74, 6) is 3.74. The number of aromatic nitrogens is 10. The van der Waals surface area contributed by atoms with Crippen LogP contribution in [-0.4, -0.2) is 46.9 Å². The summed E-state index contributed by atoms with van der Waals surface area (Å²) < 4.78 is 15.3. The van der Waals surface area contributed by atoms with Gasteiger partial charge in [0.15, 0.2) is 11.6 Å². The molecule has 0 amide bonds. The lowest BCUT2D eigenvalue weighted by molar-refractivity contribution is 0.863. The first-order valence-electron chi connectivity index (χ1n) is 21.7. The number of nitrogens with zero attached hydrogens (tertiary/aromatic N) is 9. The highest BCUT2D eigenvalue weighted by molar-refractivity contribution is 5.85. The topological polar surface area (TPSA) is 100 Å². The molecule has 3 N–H and O–H groups in total. The molecule has 322 valence electrons. The number of aryl methyl sites for hydroxylation is 2. The Balaban J connectivity index is 0.791. The smallest absolute Gasteiger partial charge is 0.156 e. The average Bonchev–Trinajstić information content (AvgIpc) is 4.20. The fraction of sp³-hybridized carbons (Fsp3) is 0.132. The zero-order valence-electron chi connectivity index (χ0n) is 37.5. The van der Waals surface area contributed by atoms with Gasteiger partial charge < -0.3 is 47.6 Å². The van der Waals surface area contributed by atoms with Crippen molar-refractivity contribution in [3.8, 4) is 79.6 Å². The van der Waals surface area contributed by atoms with Crippen molar-refractivity contribution >= 4 is 34.0 Å². The van der Waals surface area contributed by atoms with E-state index < -0.39 is 0 Å². The normalized spacial score (nSPS) is 11.6. The molecule has 0 unspecified atom stereocenters. The van der Waals surface area contributed by atoms with E-state index in [-0.39, 0.29) is 0 Å². The maximum atomic E-state index is 5.03. The fourth-order valence-electron chi connectivity index (χ4n) is 9.32. The third kappa shape index (κ3) is 6.78. The van der Waals surface area contributed by atoms with Gasteiger partial charge in [-0.15, -0.1) is 0 Å². The van der Waals surface area contributed by atoms with Crippen molar-refractivity contribution in [3.05, 3.63) is 158 Å². The number of rotatable bonds is 11. The van der Waals surface area contributed by atoms with Gasteiger partial charge in [0.1, 0.15) is 11.6 Å². The van der Waals surface area contributed by atoms with Crippen molar-refractivity contribution in [2.24, 2.45) is 49.3 Å². The monoisotopic (exact) mass is 854 g/mol. The van der Waals surface area contributed by atoms with Gasteiger partial charge >= 0.3 is 0 Å². The lowest BCUT2D eigenvalue weighted by Crippen LogP contribution is -2.03. The van der Waals surface area contributed by atoms with E-state index in [4.69, 9.17) is 4.98 Å². The van der Waals surface area contributed by atoms with E-state index in [0.29, 0.717) is 0 Å². The van der Waals surface area contributed by atoms with Crippen molar-refractivity contribution in [2.45, 2.75) is 0 Å². The third-order valence-electron chi connectivity index (χ3n) is 13.0. The van der Waals surface area contributed by atoms with Gasteiger partial charge in [-0.1, -0.05) is 30.3 Å². The number of nitrogens with one attached hydrogen (secondary N) is 3. The molecule has 12 nitrogen and oxygen atoms in total. The van der Waals surface area contributed by atoms with E-state index >= 15 is 0 Å². The summed E-state index contributed by atoms with van der Waals surface area (Å²) in [6.07, 6.45) is 5.86. The Morgan fingerprint density at radius 1 is 0.415 bits per heavy atom. The van der Waals surface area contributed by atoms with Gasteiger partial charge in [-0.2, -0.15) is 0 Å². The molecule has 11 rings (SSSR count). The van der Waals surface area contributed by atoms with Gasteiger partial charge in [-0.25, -0.2) is 9.97 Å². The van der Waals surface area contributed by atoms with Crippen molar-refractivity contribution < 1.29 is 0 Å². The number of imidazole rings is 2. The minimum Gasteiger partial charge on any atom is -0.349 e. The molecule has 0 saturated heterocycles. The van der Waals surface area contributed by atoms with Crippen LogP contribution in [0.3, 0.4) is 0 Å². The summed E-state index contributed by atoms with van der Waals surface area (Å²) in [5, 5.41) is 7.37. The Morgan fingerprint density at radius 3 is 1.55 bits per heavy atom. The first kappa shape index (κ1) is 39.5. The number of aromatic amines is 1. The van der Waals surface area contributed by atoms with E-state index in [2.05, 4.69) is 236 Å². The van der Waals surface area contributed by atoms with Crippen LogP contribution >= 0.6 is 0 Å². The molecule has 8 aromatic heterocycles. The molecular weight excluding hydrogens is 805 g/mol. The SMILES string of the molecule is Cn1cccc1-c1ccc(-c2ccc(-c3ccc(Nc4cccc(-c5cccc(Nc6ccc(-c7ccc8[nH]c(-c9ccc(-c%10nccn%10C)n9C)nc8c7)n6C)c5)c4)n3C)n2C)n1C. The lowest BCUT2D eigenvalue weighted by atomic mass is 10.0. The van der Waals surface area contributed by atoms with Gasteiger partial charge in [-0.3, -0.25) is 0 Å². The summed E-state index contributed by atoms with van der Waals surface area (Å²) in [7, 11) is 14.6. The third-order valence-corrected chi connectivity index (χ3v) is 13.0. The molecule has 0 aliphatic carbocycles. The molecule has 0 aliphatic rings. The van der Waals surface area contributed by atoms with E-state index in [1.54, 1.807) is 0 Å². The lowest BCUT2D eigenvalue weighted by Gasteiger charge is -2.14. The molecule has 0 radical (unpaired) electrons. The van der Waals surface area contributed by atoms with Gasteiger partial charge in [0.25, 0.3) is 0 Å². The molecule has 11 aromatic rings. The molecule has 0 saturated carbocycles. The highest BCUT2D eigenvalue weighted by atomic mass is 15.1. The quantitative estimate of drug-likeness (QED) is 0.121. The molecule has 0 fully saturated rings. The van der Waals surface area contributed by atoms with Crippen LogP contribution in [0.1, 0.15) is 0 Å². The van der Waals surface area contributed by atoms with Crippen LogP contribution in [0.15, 0.2) is 158 Å². The van der Waals surface area contributed by atoms with Crippen LogP contribution in [0.4, 0.5) is 23.0 Å². The van der Waals surface area contributed by atoms with E-state index in [1.807, 2.05) is 24.0 Å². The van der Waals surface area contributed by atoms with Gasteiger partial charge in [0.2, 0.25) is 0 Å². The highest BCUT2D eigenvalue weighted by Gasteiger charge is 2.19. The molecule has 12 heteroatoms. The second kappa shape index (κ2) is 15.5. The number of hydrogen-bond donors (Lipinski definition) is 3. The van der Waals surface area contributed by atoms with Crippen LogP contribution < -0.4 is 10.6 Å². The maximum absolute atomic E-state index is 5.03. The summed E-state index contributed by atoms with van der Waals surface area (Å²) in [5.41, 5.74) is 17.4. The molecule has 3 aromatic carbocycles. The van der Waals surface area contributed by atoms with Crippen LogP contribution in [-0.2, 0) is 49.3 Å². The standard InChI is InChI=1S/C53H50N12/c1-59-29-10-15-42(59)43-18-19-44(61(43)3)45-20-21-46(62(45)4)47-25-27-51(65(47)7)56-38-14-9-12-35(32-38)34-11-8-13-37(31-34)55-50-26-24-41(64(50)6)36-16-17-39-40(33-36)58-52(57-39)48-22-23-49(63(48)5)53-54-28-30-60(53)2/h8-33,55-56H,1-7H3,(H,57,58). The largest absolute Gasteiger partial charge is 0.349 e. The average molecular weight is 855 g/mol. The van der Waals surface area contributed by atoms with Crippen molar-refractivity contribution in [3.63, 3.8) is 0 Å². The number of benzene rings is 3. The van der Waals surface area contributed by atoms with E-state index in [1.165, 1.54) is 17.1 Å². The van der Waals surface area contributed by atoms with Gasteiger partial charge in [0.05, 0.1) is 56.6 Å². The second-order valence-electron chi connectivity index (χ2n) is 16.9. The zero-order valence-corrected chi connectivity index (χ0v) is 37.5. The fourth-order valence-corrected chi connectivity index (χ4v) is 9.32. The minimum atomic E-state index is 0.823. The molecule has 65 heavy (non-hydrogen) atoms. The molecule has 0 bridgehead atoms. The van der Waals surface area contributed by atoms with E-state index in [0.717, 1.165) is 96.5 Å². The van der Waals surface area contributed by atoms with Crippen molar-refractivity contribution in [2.75, 3.05) is 10.6 Å². The second-order valence-corrected chi connectivity index (χ2v) is 16.9. The molecule has 0 spiro atoms. The maximum Gasteiger partial charge on any atom is 0.156 e. The summed E-state index contributed by atoms with van der Waals surface area (Å²) in [4.78, 5) is 13.1. The minimum absolute atomic E-state index is 0.823. The van der Waals surface area contributed by atoms with Crippen LogP contribution in [0, 0.1) is 0 Å². The number of H-pyrrole nitrogens is 1. The Hall–Kier alpha value is -8.38. The number of hydrogen-bond acceptors (Lipinski definition) is 4.